The Morgan fingerprint density at radius 2 is 2.00 bits per heavy atom. The first kappa shape index (κ1) is 13.8. The van der Waals surface area contributed by atoms with Crippen LogP contribution in [-0.2, 0) is 13.1 Å². The molecule has 0 aliphatic rings. The van der Waals surface area contributed by atoms with Crippen molar-refractivity contribution in [2.24, 2.45) is 5.92 Å². The Morgan fingerprint density at radius 1 is 1.14 bits per heavy atom. The van der Waals surface area contributed by atoms with E-state index in [2.05, 4.69) is 64.3 Å². The van der Waals surface area contributed by atoms with Crippen molar-refractivity contribution in [3.8, 4) is 0 Å². The Morgan fingerprint density at radius 3 is 2.81 bits per heavy atom. The summed E-state index contributed by atoms with van der Waals surface area (Å²) in [4.78, 5) is 4.07. The maximum atomic E-state index is 4.07. The van der Waals surface area contributed by atoms with Crippen LogP contribution in [0.2, 0.25) is 0 Å². The quantitative estimate of drug-likeness (QED) is 0.749. The first-order valence-electron chi connectivity index (χ1n) is 7.45. The molecule has 1 N–H and O–H groups in total. The Bertz CT molecular complexity index is 689. The van der Waals surface area contributed by atoms with Gasteiger partial charge in [0.05, 0.1) is 6.33 Å². The average Bonchev–Trinajstić information content (AvgIpc) is 3.00. The molecule has 0 saturated heterocycles. The Balaban J connectivity index is 1.52. The number of benzene rings is 2. The molecule has 1 aromatic heterocycles. The van der Waals surface area contributed by atoms with Gasteiger partial charge in [-0.25, -0.2) is 4.98 Å². The molecule has 0 radical (unpaired) electrons. The van der Waals surface area contributed by atoms with Crippen molar-refractivity contribution in [2.45, 2.75) is 20.0 Å². The fraction of sp³-hybridized carbons (Fsp3) is 0.278. The van der Waals surface area contributed by atoms with Gasteiger partial charge in [-0.2, -0.15) is 0 Å². The first-order valence-corrected chi connectivity index (χ1v) is 7.45. The van der Waals surface area contributed by atoms with Crippen LogP contribution < -0.4 is 5.32 Å². The van der Waals surface area contributed by atoms with Crippen LogP contribution in [0.25, 0.3) is 10.8 Å². The van der Waals surface area contributed by atoms with E-state index in [1.807, 2.05) is 18.7 Å². The van der Waals surface area contributed by atoms with Crippen molar-refractivity contribution >= 4 is 10.8 Å². The predicted octanol–water partition coefficient (Wildman–Crippen LogP) is 3.46. The van der Waals surface area contributed by atoms with Crippen LogP contribution in [-0.4, -0.2) is 16.1 Å². The van der Waals surface area contributed by atoms with E-state index in [1.165, 1.54) is 16.3 Å². The number of rotatable bonds is 6. The molecule has 0 aliphatic carbocycles. The highest BCUT2D eigenvalue weighted by atomic mass is 15.0. The summed E-state index contributed by atoms with van der Waals surface area (Å²) in [5, 5.41) is 6.15. The van der Waals surface area contributed by atoms with Gasteiger partial charge in [0.1, 0.15) is 0 Å². The fourth-order valence-electron chi connectivity index (χ4n) is 2.63. The number of nitrogens with one attached hydrogen (secondary N) is 1. The summed E-state index contributed by atoms with van der Waals surface area (Å²) in [5.41, 5.74) is 1.34. The van der Waals surface area contributed by atoms with Gasteiger partial charge in [-0.3, -0.25) is 0 Å². The van der Waals surface area contributed by atoms with Crippen LogP contribution in [0.15, 0.2) is 61.2 Å². The maximum Gasteiger partial charge on any atom is 0.0946 e. The van der Waals surface area contributed by atoms with Gasteiger partial charge in [-0.15, -0.1) is 0 Å². The van der Waals surface area contributed by atoms with Gasteiger partial charge in [0.25, 0.3) is 0 Å². The maximum absolute atomic E-state index is 4.07. The van der Waals surface area contributed by atoms with Crippen LogP contribution in [0.5, 0.6) is 0 Å². The number of hydrogen-bond acceptors (Lipinski definition) is 2. The van der Waals surface area contributed by atoms with Gasteiger partial charge in [-0.1, -0.05) is 43.3 Å². The van der Waals surface area contributed by atoms with Crippen molar-refractivity contribution in [3.63, 3.8) is 0 Å². The van der Waals surface area contributed by atoms with Crippen LogP contribution in [0.4, 0.5) is 0 Å². The summed E-state index contributed by atoms with van der Waals surface area (Å²) in [6, 6.07) is 15.2. The lowest BCUT2D eigenvalue weighted by atomic mass is 10.1. The Kier molecular flexibility index (Phi) is 4.31. The molecule has 108 valence electrons. The minimum atomic E-state index is 0.583. The van der Waals surface area contributed by atoms with Gasteiger partial charge in [0.15, 0.2) is 0 Å². The van der Waals surface area contributed by atoms with Gasteiger partial charge in [-0.05, 0) is 34.9 Å². The number of nitrogens with zero attached hydrogens (tertiary/aromatic N) is 2. The molecule has 0 amide bonds. The zero-order valence-corrected chi connectivity index (χ0v) is 12.4. The smallest absolute Gasteiger partial charge is 0.0946 e. The normalized spacial score (nSPS) is 12.6. The van der Waals surface area contributed by atoms with E-state index in [1.54, 1.807) is 0 Å². The second kappa shape index (κ2) is 6.55. The highest BCUT2D eigenvalue weighted by Gasteiger charge is 2.03. The zero-order chi connectivity index (χ0) is 14.5. The van der Waals surface area contributed by atoms with Crippen molar-refractivity contribution < 1.29 is 0 Å². The molecule has 3 heteroatoms. The van der Waals surface area contributed by atoms with E-state index in [-0.39, 0.29) is 0 Å². The molecule has 0 bridgehead atoms. The third-order valence-corrected chi connectivity index (χ3v) is 3.72. The summed E-state index contributed by atoms with van der Waals surface area (Å²) in [7, 11) is 0. The van der Waals surface area contributed by atoms with E-state index in [4.69, 9.17) is 0 Å². The minimum absolute atomic E-state index is 0.583. The summed E-state index contributed by atoms with van der Waals surface area (Å²) >= 11 is 0. The lowest BCUT2D eigenvalue weighted by molar-refractivity contribution is 0.445. The minimum Gasteiger partial charge on any atom is -0.337 e. The molecule has 1 unspecified atom stereocenters. The molecule has 1 atom stereocenters. The number of imidazole rings is 1. The van der Waals surface area contributed by atoms with E-state index < -0.39 is 0 Å². The molecule has 0 fully saturated rings. The molecule has 3 nitrogen and oxygen atoms in total. The van der Waals surface area contributed by atoms with Crippen molar-refractivity contribution in [3.05, 3.63) is 66.7 Å². The molecule has 0 spiro atoms. The van der Waals surface area contributed by atoms with E-state index >= 15 is 0 Å². The van der Waals surface area contributed by atoms with Crippen LogP contribution in [0, 0.1) is 5.92 Å². The molecular weight excluding hydrogens is 258 g/mol. The Hall–Kier alpha value is -2.13. The summed E-state index contributed by atoms with van der Waals surface area (Å²) in [6.07, 6.45) is 5.72. The largest absolute Gasteiger partial charge is 0.337 e. The van der Waals surface area contributed by atoms with Gasteiger partial charge >= 0.3 is 0 Å². The van der Waals surface area contributed by atoms with Crippen LogP contribution in [0.3, 0.4) is 0 Å². The molecule has 1 heterocycles. The molecular formula is C18H21N3. The zero-order valence-electron chi connectivity index (χ0n) is 12.4. The number of fused-ring (bicyclic) bond motifs is 1. The van der Waals surface area contributed by atoms with E-state index in [0.29, 0.717) is 5.92 Å². The van der Waals surface area contributed by atoms with Crippen LogP contribution >= 0.6 is 0 Å². The fourth-order valence-corrected chi connectivity index (χ4v) is 2.63. The number of hydrogen-bond donors (Lipinski definition) is 1. The van der Waals surface area contributed by atoms with Gasteiger partial charge in [0, 0.05) is 25.5 Å². The van der Waals surface area contributed by atoms with Gasteiger partial charge in [0.2, 0.25) is 0 Å². The molecule has 0 saturated carbocycles. The lowest BCUT2D eigenvalue weighted by Gasteiger charge is -2.13. The topological polar surface area (TPSA) is 29.9 Å². The van der Waals surface area contributed by atoms with Crippen molar-refractivity contribution in [1.82, 2.24) is 14.9 Å². The molecule has 21 heavy (non-hydrogen) atoms. The van der Waals surface area contributed by atoms with Crippen LogP contribution in [0.1, 0.15) is 12.5 Å². The highest BCUT2D eigenvalue weighted by Crippen LogP contribution is 2.15. The average molecular weight is 279 g/mol. The second-order valence-corrected chi connectivity index (χ2v) is 5.68. The van der Waals surface area contributed by atoms with Gasteiger partial charge < -0.3 is 9.88 Å². The highest BCUT2D eigenvalue weighted by molar-refractivity contribution is 5.82. The third-order valence-electron chi connectivity index (χ3n) is 3.72. The standard InChI is InChI=1S/C18H21N3/c1-15(13-21-9-8-19-14-21)11-20-12-16-6-7-17-4-2-3-5-18(17)10-16/h2-10,14-15,20H,11-13H2,1H3. The predicted molar refractivity (Wildman–Crippen MR) is 87.0 cm³/mol. The molecule has 2 aromatic carbocycles. The third kappa shape index (κ3) is 3.70. The summed E-state index contributed by atoms with van der Waals surface area (Å²) in [6.45, 7) is 5.18. The summed E-state index contributed by atoms with van der Waals surface area (Å²) < 4.78 is 2.13. The molecule has 0 aliphatic heterocycles. The monoisotopic (exact) mass is 279 g/mol. The SMILES string of the molecule is CC(CNCc1ccc2ccccc2c1)Cn1ccnc1. The van der Waals surface area contributed by atoms with Crippen molar-refractivity contribution in [1.29, 1.82) is 0 Å². The lowest BCUT2D eigenvalue weighted by Crippen LogP contribution is -2.23. The first-order chi connectivity index (χ1) is 10.3. The number of aromatic nitrogens is 2. The van der Waals surface area contributed by atoms with Crippen molar-refractivity contribution in [2.75, 3.05) is 6.54 Å². The second-order valence-electron chi connectivity index (χ2n) is 5.68. The van der Waals surface area contributed by atoms with E-state index in [9.17, 15) is 0 Å². The van der Waals surface area contributed by atoms with E-state index in [0.717, 1.165) is 19.6 Å². The summed E-state index contributed by atoms with van der Waals surface area (Å²) in [5.74, 6) is 0.583. The molecule has 3 aromatic rings. The molecule has 3 rings (SSSR count). The Labute approximate surface area is 125 Å².